The van der Waals surface area contributed by atoms with Gasteiger partial charge in [-0.05, 0) is 6.92 Å². The predicted octanol–water partition coefficient (Wildman–Crippen LogP) is -0.719. The fourth-order valence-corrected chi connectivity index (χ4v) is 1.57. The van der Waals surface area contributed by atoms with Gasteiger partial charge in [0.2, 0.25) is 23.8 Å². The molecule has 0 aliphatic heterocycles. The van der Waals surface area contributed by atoms with Crippen molar-refractivity contribution in [1.82, 2.24) is 29.8 Å². The number of anilines is 2. The van der Waals surface area contributed by atoms with Crippen molar-refractivity contribution in [2.75, 3.05) is 23.8 Å². The summed E-state index contributed by atoms with van der Waals surface area (Å²) in [4.78, 5) is 27.7. The molecule has 2 rings (SSSR count). The van der Waals surface area contributed by atoms with Gasteiger partial charge in [-0.2, -0.15) is 15.0 Å². The Morgan fingerprint density at radius 2 is 2.14 bits per heavy atom. The first kappa shape index (κ1) is 14.7. The van der Waals surface area contributed by atoms with Crippen molar-refractivity contribution in [3.8, 4) is 5.95 Å². The van der Waals surface area contributed by atoms with Crippen LogP contribution >= 0.6 is 0 Å². The van der Waals surface area contributed by atoms with Crippen molar-refractivity contribution >= 4 is 17.8 Å². The molecular weight excluding hydrogens is 274 g/mol. The van der Waals surface area contributed by atoms with Crippen LogP contribution in [0.2, 0.25) is 0 Å². The predicted molar refractivity (Wildman–Crippen MR) is 76.5 cm³/mol. The molecule has 2 aromatic rings. The number of nitrogens with one attached hydrogen (secondary N) is 3. The van der Waals surface area contributed by atoms with Crippen LogP contribution in [0.5, 0.6) is 0 Å². The number of amides is 1. The molecule has 0 fully saturated rings. The topological polar surface area (TPSA) is 136 Å². The fourth-order valence-electron chi connectivity index (χ4n) is 1.57. The Hall–Kier alpha value is -2.75. The first-order valence-electron chi connectivity index (χ1n) is 6.44. The van der Waals surface area contributed by atoms with E-state index >= 15 is 0 Å². The van der Waals surface area contributed by atoms with E-state index in [-0.39, 0.29) is 11.9 Å². The van der Waals surface area contributed by atoms with Crippen molar-refractivity contribution in [2.45, 2.75) is 13.3 Å². The largest absolute Gasteiger partial charge is 0.356 e. The molecule has 0 aliphatic carbocycles. The minimum absolute atomic E-state index is 0.0361. The van der Waals surface area contributed by atoms with E-state index in [1.165, 1.54) is 0 Å². The molecule has 2 aromatic heterocycles. The van der Waals surface area contributed by atoms with Crippen LogP contribution in [-0.2, 0) is 4.79 Å². The maximum atomic E-state index is 11.4. The highest BCUT2D eigenvalue weighted by atomic mass is 16.1. The van der Waals surface area contributed by atoms with Crippen molar-refractivity contribution in [3.63, 3.8) is 0 Å². The quantitative estimate of drug-likeness (QED) is 0.387. The van der Waals surface area contributed by atoms with Crippen LogP contribution in [0.3, 0.4) is 0 Å². The SMILES string of the molecule is CCNC(=O)CCNc1nc(NN)nc(-n2ccnc2)n1. The first-order chi connectivity index (χ1) is 10.2. The Balaban J connectivity index is 2.05. The van der Waals surface area contributed by atoms with Gasteiger partial charge in [-0.3, -0.25) is 14.8 Å². The van der Waals surface area contributed by atoms with Crippen LogP contribution in [0.1, 0.15) is 13.3 Å². The van der Waals surface area contributed by atoms with Gasteiger partial charge >= 0.3 is 0 Å². The highest BCUT2D eigenvalue weighted by molar-refractivity contribution is 5.76. The molecule has 21 heavy (non-hydrogen) atoms. The Labute approximate surface area is 121 Å². The van der Waals surface area contributed by atoms with Gasteiger partial charge < -0.3 is 10.6 Å². The zero-order chi connectivity index (χ0) is 15.1. The molecule has 0 saturated carbocycles. The normalized spacial score (nSPS) is 10.2. The maximum Gasteiger partial charge on any atom is 0.243 e. The lowest BCUT2D eigenvalue weighted by atomic mass is 10.4. The van der Waals surface area contributed by atoms with E-state index in [9.17, 15) is 4.79 Å². The Bertz CT molecular complexity index is 583. The maximum absolute atomic E-state index is 11.4. The number of nitrogen functional groups attached to an aromatic ring is 1. The van der Waals surface area contributed by atoms with E-state index in [1.807, 2.05) is 6.92 Å². The van der Waals surface area contributed by atoms with Crippen molar-refractivity contribution in [3.05, 3.63) is 18.7 Å². The fraction of sp³-hybridized carbons (Fsp3) is 0.364. The number of carbonyl (C=O) groups excluding carboxylic acids is 1. The zero-order valence-electron chi connectivity index (χ0n) is 11.6. The second-order valence-electron chi connectivity index (χ2n) is 4.03. The van der Waals surface area contributed by atoms with Gasteiger partial charge in [0.05, 0.1) is 0 Å². The second kappa shape index (κ2) is 7.14. The number of carbonyl (C=O) groups is 1. The molecule has 0 spiro atoms. The molecule has 10 nitrogen and oxygen atoms in total. The molecule has 0 bridgehead atoms. The summed E-state index contributed by atoms with van der Waals surface area (Å²) in [7, 11) is 0. The Morgan fingerprint density at radius 1 is 1.33 bits per heavy atom. The van der Waals surface area contributed by atoms with E-state index in [2.05, 4.69) is 36.0 Å². The van der Waals surface area contributed by atoms with Gasteiger partial charge in [0.1, 0.15) is 6.33 Å². The Morgan fingerprint density at radius 3 is 2.81 bits per heavy atom. The second-order valence-corrected chi connectivity index (χ2v) is 4.03. The molecule has 0 radical (unpaired) electrons. The smallest absolute Gasteiger partial charge is 0.243 e. The van der Waals surface area contributed by atoms with Crippen LogP contribution in [0.4, 0.5) is 11.9 Å². The van der Waals surface area contributed by atoms with E-state index < -0.39 is 0 Å². The number of hydrogen-bond acceptors (Lipinski definition) is 8. The summed E-state index contributed by atoms with van der Waals surface area (Å²) in [5.74, 6) is 6.21. The third kappa shape index (κ3) is 4.11. The van der Waals surface area contributed by atoms with E-state index in [0.29, 0.717) is 31.4 Å². The van der Waals surface area contributed by atoms with Crippen molar-refractivity contribution < 1.29 is 4.79 Å². The number of nitrogens with zero attached hydrogens (tertiary/aromatic N) is 5. The number of hydrazine groups is 1. The van der Waals surface area contributed by atoms with Crippen LogP contribution in [0.25, 0.3) is 5.95 Å². The molecule has 0 unspecified atom stereocenters. The minimum Gasteiger partial charge on any atom is -0.356 e. The third-order valence-corrected chi connectivity index (χ3v) is 2.50. The first-order valence-corrected chi connectivity index (χ1v) is 6.44. The molecule has 10 heteroatoms. The van der Waals surface area contributed by atoms with Gasteiger partial charge in [-0.25, -0.2) is 10.8 Å². The lowest BCUT2D eigenvalue weighted by Gasteiger charge is -2.08. The summed E-state index contributed by atoms with van der Waals surface area (Å²) in [6.07, 6.45) is 5.20. The highest BCUT2D eigenvalue weighted by Gasteiger charge is 2.07. The van der Waals surface area contributed by atoms with Gasteiger partial charge in [0.15, 0.2) is 0 Å². The van der Waals surface area contributed by atoms with Crippen LogP contribution in [0.15, 0.2) is 18.7 Å². The lowest BCUT2D eigenvalue weighted by molar-refractivity contribution is -0.120. The molecular formula is C11H17N9O. The molecule has 1 amide bonds. The van der Waals surface area contributed by atoms with Gasteiger partial charge in [-0.1, -0.05) is 0 Å². The van der Waals surface area contributed by atoms with E-state index in [4.69, 9.17) is 5.84 Å². The number of rotatable bonds is 7. The number of imidazole rings is 1. The number of aromatic nitrogens is 5. The van der Waals surface area contributed by atoms with Gasteiger partial charge in [0, 0.05) is 31.9 Å². The summed E-state index contributed by atoms with van der Waals surface area (Å²) in [6, 6.07) is 0. The van der Waals surface area contributed by atoms with Crippen molar-refractivity contribution in [2.24, 2.45) is 5.84 Å². The summed E-state index contributed by atoms with van der Waals surface area (Å²) in [5, 5.41) is 5.67. The number of nitrogens with two attached hydrogens (primary N) is 1. The highest BCUT2D eigenvalue weighted by Crippen LogP contribution is 2.08. The van der Waals surface area contributed by atoms with E-state index in [1.54, 1.807) is 23.3 Å². The number of hydrogen-bond donors (Lipinski definition) is 4. The summed E-state index contributed by atoms with van der Waals surface area (Å²) in [5.41, 5.74) is 2.37. The molecule has 0 aromatic carbocycles. The monoisotopic (exact) mass is 291 g/mol. The minimum atomic E-state index is -0.0361. The molecule has 0 saturated heterocycles. The van der Waals surface area contributed by atoms with Crippen LogP contribution in [0, 0.1) is 0 Å². The molecule has 0 aliphatic rings. The van der Waals surface area contributed by atoms with Gasteiger partial charge in [-0.15, -0.1) is 0 Å². The summed E-state index contributed by atoms with van der Waals surface area (Å²) < 4.78 is 1.62. The molecule has 2 heterocycles. The molecule has 112 valence electrons. The van der Waals surface area contributed by atoms with E-state index in [0.717, 1.165) is 0 Å². The average molecular weight is 291 g/mol. The zero-order valence-corrected chi connectivity index (χ0v) is 11.6. The Kier molecular flexibility index (Phi) is 4.99. The average Bonchev–Trinajstić information content (AvgIpc) is 3.01. The summed E-state index contributed by atoms with van der Waals surface area (Å²) >= 11 is 0. The standard InChI is InChI=1S/C11H17N9O/c1-2-14-8(21)3-4-15-9-16-10(19-12)18-11(17-9)20-6-5-13-7-20/h5-7H,2-4,12H2,1H3,(H,14,21)(H2,15,16,17,18,19). The molecule has 0 atom stereocenters. The third-order valence-electron chi connectivity index (χ3n) is 2.50. The lowest BCUT2D eigenvalue weighted by Crippen LogP contribution is -2.25. The van der Waals surface area contributed by atoms with Crippen LogP contribution in [-0.4, -0.2) is 43.5 Å². The summed E-state index contributed by atoms with van der Waals surface area (Å²) in [6.45, 7) is 2.88. The van der Waals surface area contributed by atoms with Gasteiger partial charge in [0.25, 0.3) is 0 Å². The van der Waals surface area contributed by atoms with Crippen molar-refractivity contribution in [1.29, 1.82) is 0 Å². The van der Waals surface area contributed by atoms with Crippen LogP contribution < -0.4 is 21.9 Å². The molecule has 5 N–H and O–H groups in total.